The maximum absolute atomic E-state index is 5.15. The van der Waals surface area contributed by atoms with Gasteiger partial charge in [-0.3, -0.25) is 0 Å². The summed E-state index contributed by atoms with van der Waals surface area (Å²) in [5.74, 6) is 0.956. The van der Waals surface area contributed by atoms with E-state index in [0.717, 1.165) is 22.3 Å². The van der Waals surface area contributed by atoms with E-state index >= 15 is 0 Å². The largest absolute Gasteiger partial charge is 0.464 e. The van der Waals surface area contributed by atoms with Crippen LogP contribution >= 0.6 is 0 Å². The van der Waals surface area contributed by atoms with Crippen LogP contribution in [0.25, 0.3) is 22.3 Å². The zero-order valence-electron chi connectivity index (χ0n) is 9.74. The predicted octanol–water partition coefficient (Wildman–Crippen LogP) is 4.82. The van der Waals surface area contributed by atoms with Gasteiger partial charge in [-0.1, -0.05) is 30.3 Å². The van der Waals surface area contributed by atoms with E-state index in [4.69, 9.17) is 8.83 Å². The summed E-state index contributed by atoms with van der Waals surface area (Å²) in [5, 5.41) is 1.16. The molecule has 1 aromatic carbocycles. The fraction of sp³-hybridized carbons (Fsp3) is 0. The van der Waals surface area contributed by atoms with Gasteiger partial charge in [-0.15, -0.1) is 0 Å². The first-order valence-electron chi connectivity index (χ1n) is 5.78. The third-order valence-electron chi connectivity index (χ3n) is 2.72. The van der Waals surface area contributed by atoms with Gasteiger partial charge >= 0.3 is 0 Å². The van der Waals surface area contributed by atoms with Crippen molar-refractivity contribution in [3.05, 3.63) is 73.2 Å². The molecule has 0 spiro atoms. The van der Waals surface area contributed by atoms with Gasteiger partial charge in [0, 0.05) is 10.9 Å². The molecular formula is C16H12O2. The Bertz CT molecular complexity index is 648. The molecule has 0 radical (unpaired) electrons. The number of rotatable bonds is 0. The molecule has 18 heavy (non-hydrogen) atoms. The lowest BCUT2D eigenvalue weighted by molar-refractivity contribution is 0.567. The minimum absolute atomic E-state index is 0.956. The fourth-order valence-electron chi connectivity index (χ4n) is 1.82. The summed E-state index contributed by atoms with van der Waals surface area (Å²) in [5.41, 5.74) is 2.12. The number of hydrogen-bond donors (Lipinski definition) is 0. The molecule has 0 N–H and O–H groups in total. The second kappa shape index (κ2) is 4.80. The van der Waals surface area contributed by atoms with Gasteiger partial charge in [0.15, 0.2) is 0 Å². The SMILES string of the molecule is c1ccc2occc2c1.c1coc2cccc-2c1. The van der Waals surface area contributed by atoms with Crippen LogP contribution in [0.5, 0.6) is 0 Å². The van der Waals surface area contributed by atoms with Crippen molar-refractivity contribution in [3.8, 4) is 11.3 Å². The normalized spacial score (nSPS) is 10.2. The highest BCUT2D eigenvalue weighted by molar-refractivity contribution is 5.76. The molecule has 0 unspecified atom stereocenters. The van der Waals surface area contributed by atoms with Crippen molar-refractivity contribution in [1.82, 2.24) is 0 Å². The van der Waals surface area contributed by atoms with E-state index in [9.17, 15) is 0 Å². The summed E-state index contributed by atoms with van der Waals surface area (Å²) in [7, 11) is 0. The van der Waals surface area contributed by atoms with Crippen LogP contribution in [0.3, 0.4) is 0 Å². The number of para-hydroxylation sites is 1. The van der Waals surface area contributed by atoms with E-state index in [2.05, 4.69) is 0 Å². The minimum atomic E-state index is 0.956. The maximum Gasteiger partial charge on any atom is 0.133 e. The molecule has 0 saturated carbocycles. The molecule has 2 aromatic rings. The number of furan rings is 1. The van der Waals surface area contributed by atoms with E-state index in [-0.39, 0.29) is 0 Å². The van der Waals surface area contributed by atoms with Crippen molar-refractivity contribution in [2.45, 2.75) is 0 Å². The van der Waals surface area contributed by atoms with Gasteiger partial charge in [0.25, 0.3) is 0 Å². The van der Waals surface area contributed by atoms with Gasteiger partial charge < -0.3 is 8.83 Å². The van der Waals surface area contributed by atoms with Gasteiger partial charge in [-0.05, 0) is 30.3 Å². The van der Waals surface area contributed by atoms with Gasteiger partial charge in [-0.2, -0.15) is 0 Å². The Morgan fingerprint density at radius 2 is 1.50 bits per heavy atom. The van der Waals surface area contributed by atoms with Crippen molar-refractivity contribution in [2.24, 2.45) is 0 Å². The molecule has 0 atom stereocenters. The lowest BCUT2D eigenvalue weighted by Crippen LogP contribution is -1.67. The van der Waals surface area contributed by atoms with Crippen LogP contribution in [0.15, 0.2) is 82.0 Å². The molecule has 1 aromatic heterocycles. The van der Waals surface area contributed by atoms with Crippen LogP contribution in [0.4, 0.5) is 0 Å². The molecule has 0 bridgehead atoms. The highest BCUT2D eigenvalue weighted by Crippen LogP contribution is 2.20. The summed E-state index contributed by atoms with van der Waals surface area (Å²) >= 11 is 0. The predicted molar refractivity (Wildman–Crippen MR) is 71.5 cm³/mol. The van der Waals surface area contributed by atoms with Crippen molar-refractivity contribution < 1.29 is 8.83 Å². The molecule has 88 valence electrons. The molecule has 2 nitrogen and oxygen atoms in total. The molecule has 2 aliphatic rings. The summed E-state index contributed by atoms with van der Waals surface area (Å²) in [6.45, 7) is 0. The monoisotopic (exact) mass is 236 g/mol. The number of fused-ring (bicyclic) bond motifs is 2. The van der Waals surface area contributed by atoms with E-state index in [0.29, 0.717) is 0 Å². The lowest BCUT2D eigenvalue weighted by atomic mass is 10.3. The fourth-order valence-corrected chi connectivity index (χ4v) is 1.82. The smallest absolute Gasteiger partial charge is 0.133 e. The van der Waals surface area contributed by atoms with Crippen molar-refractivity contribution in [3.63, 3.8) is 0 Å². The highest BCUT2D eigenvalue weighted by atomic mass is 16.3. The zero-order chi connectivity index (χ0) is 12.2. The highest BCUT2D eigenvalue weighted by Gasteiger charge is 1.98. The summed E-state index contributed by atoms with van der Waals surface area (Å²) in [4.78, 5) is 0. The quantitative estimate of drug-likeness (QED) is 0.437. The number of hydrogen-bond acceptors (Lipinski definition) is 2. The van der Waals surface area contributed by atoms with Crippen LogP contribution in [-0.2, 0) is 0 Å². The minimum Gasteiger partial charge on any atom is -0.464 e. The second-order valence-electron chi connectivity index (χ2n) is 3.92. The van der Waals surface area contributed by atoms with Gasteiger partial charge in [0.1, 0.15) is 11.3 Å². The lowest BCUT2D eigenvalue weighted by Gasteiger charge is -1.92. The Morgan fingerprint density at radius 1 is 0.611 bits per heavy atom. The van der Waals surface area contributed by atoms with E-state index in [1.165, 1.54) is 0 Å². The van der Waals surface area contributed by atoms with Crippen molar-refractivity contribution in [1.29, 1.82) is 0 Å². The summed E-state index contributed by atoms with van der Waals surface area (Å²) in [6, 6.07) is 19.8. The Morgan fingerprint density at radius 3 is 2.39 bits per heavy atom. The first-order chi connectivity index (χ1) is 8.93. The Kier molecular flexibility index (Phi) is 2.84. The molecule has 2 heterocycles. The molecule has 2 heteroatoms. The van der Waals surface area contributed by atoms with Crippen LogP contribution in [0.1, 0.15) is 0 Å². The van der Waals surface area contributed by atoms with Crippen LogP contribution < -0.4 is 0 Å². The molecule has 0 amide bonds. The van der Waals surface area contributed by atoms with Gasteiger partial charge in [-0.25, -0.2) is 0 Å². The van der Waals surface area contributed by atoms with Gasteiger partial charge in [0.05, 0.1) is 12.5 Å². The molecular weight excluding hydrogens is 224 g/mol. The van der Waals surface area contributed by atoms with Crippen LogP contribution in [0, 0.1) is 0 Å². The van der Waals surface area contributed by atoms with E-state index < -0.39 is 0 Å². The van der Waals surface area contributed by atoms with E-state index in [1.54, 1.807) is 12.5 Å². The standard InChI is InChI=1S/2C8H6O/c1-3-7-4-2-6-9-8(7)5-1;1-2-4-8-7(3-1)5-6-9-8/h2*1-6H. The Labute approximate surface area is 105 Å². The first-order valence-corrected chi connectivity index (χ1v) is 5.78. The molecule has 4 rings (SSSR count). The van der Waals surface area contributed by atoms with Crippen molar-refractivity contribution in [2.75, 3.05) is 0 Å². The Hall–Kier alpha value is -2.48. The Balaban J connectivity index is 0.000000111. The van der Waals surface area contributed by atoms with Gasteiger partial charge in [0.2, 0.25) is 0 Å². The van der Waals surface area contributed by atoms with Crippen LogP contribution in [-0.4, -0.2) is 0 Å². The third kappa shape index (κ3) is 2.13. The molecule has 1 aliphatic carbocycles. The van der Waals surface area contributed by atoms with Crippen LogP contribution in [0.2, 0.25) is 0 Å². The van der Waals surface area contributed by atoms with E-state index in [1.807, 2.05) is 60.7 Å². The molecule has 1 aliphatic heterocycles. The first kappa shape index (κ1) is 10.7. The maximum atomic E-state index is 5.15. The summed E-state index contributed by atoms with van der Waals surface area (Å²) in [6.07, 6.45) is 3.38. The number of benzene rings is 1. The second-order valence-corrected chi connectivity index (χ2v) is 3.92. The van der Waals surface area contributed by atoms with Crippen molar-refractivity contribution >= 4 is 11.0 Å². The average Bonchev–Trinajstić information content (AvgIpc) is 3.08. The topological polar surface area (TPSA) is 26.3 Å². The molecule has 0 saturated heterocycles. The third-order valence-corrected chi connectivity index (χ3v) is 2.72. The average molecular weight is 236 g/mol. The zero-order valence-corrected chi connectivity index (χ0v) is 9.74. The summed E-state index contributed by atoms with van der Waals surface area (Å²) < 4.78 is 10.3. The molecule has 0 fully saturated rings.